The fourth-order valence-electron chi connectivity index (χ4n) is 5.78. The molecule has 10 heteroatoms. The Labute approximate surface area is 234 Å². The number of carbonyl (C=O) groups is 1. The number of likely N-dealkylation sites (tertiary alicyclic amines) is 1. The summed E-state index contributed by atoms with van der Waals surface area (Å²) < 4.78 is 50.0. The van der Waals surface area contributed by atoms with E-state index < -0.39 is 11.7 Å². The van der Waals surface area contributed by atoms with Crippen molar-refractivity contribution in [1.29, 1.82) is 0 Å². The van der Waals surface area contributed by atoms with Gasteiger partial charge < -0.3 is 19.3 Å². The van der Waals surface area contributed by atoms with Gasteiger partial charge in [0.1, 0.15) is 5.82 Å². The van der Waals surface area contributed by atoms with Gasteiger partial charge in [0.15, 0.2) is 0 Å². The lowest BCUT2D eigenvalue weighted by Crippen LogP contribution is -2.42. The Balaban J connectivity index is 1.20. The molecule has 5 rings (SSSR count). The number of benzene rings is 1. The normalized spacial score (nSPS) is 21.4. The summed E-state index contributed by atoms with van der Waals surface area (Å²) in [4.78, 5) is 24.6. The number of anilines is 2. The monoisotopic (exact) mass is 560 g/mol. The first-order valence-electron chi connectivity index (χ1n) is 14.4. The van der Waals surface area contributed by atoms with Gasteiger partial charge in [0.2, 0.25) is 5.91 Å². The smallest absolute Gasteiger partial charge is 0.378 e. The van der Waals surface area contributed by atoms with E-state index in [1.807, 2.05) is 23.2 Å². The van der Waals surface area contributed by atoms with Gasteiger partial charge in [-0.1, -0.05) is 12.1 Å². The first-order valence-corrected chi connectivity index (χ1v) is 14.4. The average Bonchev–Trinajstić information content (AvgIpc) is 2.98. The summed E-state index contributed by atoms with van der Waals surface area (Å²) in [6.07, 6.45) is 2.72. The van der Waals surface area contributed by atoms with Crippen molar-refractivity contribution in [2.45, 2.75) is 57.3 Å². The lowest BCUT2D eigenvalue weighted by Gasteiger charge is -2.35. The van der Waals surface area contributed by atoms with Crippen molar-refractivity contribution in [2.75, 3.05) is 62.3 Å². The number of hydrogen-bond acceptors (Lipinski definition) is 6. The Bertz CT molecular complexity index is 1080. The van der Waals surface area contributed by atoms with Crippen molar-refractivity contribution >= 4 is 17.4 Å². The number of alkyl halides is 3. The maximum absolute atomic E-state index is 13.6. The molecular formula is C30H39F3N4O3. The molecule has 1 amide bonds. The number of aromatic nitrogens is 1. The third-order valence-electron chi connectivity index (χ3n) is 8.19. The summed E-state index contributed by atoms with van der Waals surface area (Å²) in [6, 6.07) is 9.42. The van der Waals surface area contributed by atoms with Crippen LogP contribution in [0.25, 0.3) is 0 Å². The molecule has 3 fully saturated rings. The van der Waals surface area contributed by atoms with E-state index in [-0.39, 0.29) is 12.0 Å². The third kappa shape index (κ3) is 7.73. The number of morpholine rings is 1. The highest BCUT2D eigenvalue weighted by atomic mass is 19.4. The predicted octanol–water partition coefficient (Wildman–Crippen LogP) is 5.14. The summed E-state index contributed by atoms with van der Waals surface area (Å²) in [7, 11) is 0. The predicted molar refractivity (Wildman–Crippen MR) is 147 cm³/mol. The van der Waals surface area contributed by atoms with Crippen LogP contribution < -0.4 is 9.80 Å². The van der Waals surface area contributed by atoms with Crippen LogP contribution in [0.4, 0.5) is 24.7 Å². The zero-order chi connectivity index (χ0) is 28.0. The molecule has 3 saturated heterocycles. The van der Waals surface area contributed by atoms with Crippen LogP contribution in [-0.2, 0) is 27.0 Å². The lowest BCUT2D eigenvalue weighted by molar-refractivity contribution is -0.137. The number of halogens is 3. The molecule has 1 atom stereocenters. The van der Waals surface area contributed by atoms with E-state index in [1.165, 1.54) is 0 Å². The van der Waals surface area contributed by atoms with Crippen LogP contribution in [0.1, 0.15) is 49.7 Å². The Morgan fingerprint density at radius 3 is 2.33 bits per heavy atom. The van der Waals surface area contributed by atoms with E-state index >= 15 is 0 Å². The molecule has 218 valence electrons. The van der Waals surface area contributed by atoms with E-state index in [4.69, 9.17) is 14.5 Å². The summed E-state index contributed by atoms with van der Waals surface area (Å²) >= 11 is 0. The molecular weight excluding hydrogens is 521 g/mol. The Kier molecular flexibility index (Phi) is 9.59. The molecule has 4 heterocycles. The summed E-state index contributed by atoms with van der Waals surface area (Å²) in [6.45, 7) is 6.63. The van der Waals surface area contributed by atoms with Gasteiger partial charge in [0, 0.05) is 32.8 Å². The first-order chi connectivity index (χ1) is 19.3. The minimum absolute atomic E-state index is 0.0325. The van der Waals surface area contributed by atoms with Crippen molar-refractivity contribution in [3.8, 4) is 0 Å². The summed E-state index contributed by atoms with van der Waals surface area (Å²) in [5.41, 5.74) is 1.07. The molecule has 0 bridgehead atoms. The first kappa shape index (κ1) is 28.8. The van der Waals surface area contributed by atoms with Gasteiger partial charge in [-0.25, -0.2) is 4.98 Å². The maximum Gasteiger partial charge on any atom is 0.416 e. The fraction of sp³-hybridized carbons (Fsp3) is 0.600. The number of amides is 1. The molecule has 40 heavy (non-hydrogen) atoms. The van der Waals surface area contributed by atoms with Gasteiger partial charge >= 0.3 is 6.18 Å². The SMILES string of the molecule is O=C(CC1CCCCO1)N(CC1CCN(Cc2ccc(C(F)(F)F)cc2)CC1)c1ccc(N2CCOCC2)nc1. The molecule has 0 saturated carbocycles. The van der Waals surface area contributed by atoms with Gasteiger partial charge in [0.05, 0.1) is 43.2 Å². The lowest BCUT2D eigenvalue weighted by atomic mass is 9.95. The number of rotatable bonds is 8. The molecule has 1 aromatic heterocycles. The van der Waals surface area contributed by atoms with Crippen LogP contribution >= 0.6 is 0 Å². The summed E-state index contributed by atoms with van der Waals surface area (Å²) in [5.74, 6) is 1.30. The van der Waals surface area contributed by atoms with Crippen LogP contribution in [0.5, 0.6) is 0 Å². The van der Waals surface area contributed by atoms with Crippen LogP contribution in [0.2, 0.25) is 0 Å². The molecule has 3 aliphatic heterocycles. The Morgan fingerprint density at radius 1 is 0.950 bits per heavy atom. The van der Waals surface area contributed by atoms with Crippen molar-refractivity contribution in [1.82, 2.24) is 9.88 Å². The fourth-order valence-corrected chi connectivity index (χ4v) is 5.78. The highest BCUT2D eigenvalue weighted by Crippen LogP contribution is 2.30. The molecule has 1 unspecified atom stereocenters. The zero-order valence-corrected chi connectivity index (χ0v) is 23.0. The Morgan fingerprint density at radius 2 is 1.70 bits per heavy atom. The zero-order valence-electron chi connectivity index (χ0n) is 23.0. The number of ether oxygens (including phenoxy) is 2. The van der Waals surface area contributed by atoms with E-state index in [0.29, 0.717) is 45.2 Å². The molecule has 3 aliphatic rings. The molecule has 7 nitrogen and oxygen atoms in total. The van der Waals surface area contributed by atoms with Gasteiger partial charge in [-0.2, -0.15) is 13.2 Å². The number of pyridine rings is 1. The van der Waals surface area contributed by atoms with E-state index in [0.717, 1.165) is 87.5 Å². The quantitative estimate of drug-likeness (QED) is 0.446. The van der Waals surface area contributed by atoms with Crippen molar-refractivity contribution < 1.29 is 27.4 Å². The minimum atomic E-state index is -4.32. The molecule has 0 N–H and O–H groups in total. The van der Waals surface area contributed by atoms with Gasteiger partial charge in [-0.15, -0.1) is 0 Å². The molecule has 1 aromatic carbocycles. The standard InChI is InChI=1S/C30H39F3N4O3/c31-30(32,33)25-6-4-23(5-7-25)21-35-12-10-24(11-13-35)22-37(29(38)19-27-3-1-2-16-40-27)26-8-9-28(34-20-26)36-14-17-39-18-15-36/h4-9,20,24,27H,1-3,10-19,21-22H2. The summed E-state index contributed by atoms with van der Waals surface area (Å²) in [5, 5.41) is 0. The highest BCUT2D eigenvalue weighted by Gasteiger charge is 2.31. The third-order valence-corrected chi connectivity index (χ3v) is 8.19. The minimum Gasteiger partial charge on any atom is -0.378 e. The van der Waals surface area contributed by atoms with Crippen molar-refractivity contribution in [3.63, 3.8) is 0 Å². The van der Waals surface area contributed by atoms with Crippen molar-refractivity contribution in [3.05, 3.63) is 53.7 Å². The second kappa shape index (κ2) is 13.3. The van der Waals surface area contributed by atoms with E-state index in [2.05, 4.69) is 9.80 Å². The average molecular weight is 561 g/mol. The van der Waals surface area contributed by atoms with Crippen LogP contribution in [0, 0.1) is 5.92 Å². The van der Waals surface area contributed by atoms with Crippen LogP contribution in [0.3, 0.4) is 0 Å². The molecule has 0 spiro atoms. The molecule has 2 aromatic rings. The van der Waals surface area contributed by atoms with Gasteiger partial charge in [-0.3, -0.25) is 9.69 Å². The van der Waals surface area contributed by atoms with Gasteiger partial charge in [0.25, 0.3) is 0 Å². The van der Waals surface area contributed by atoms with E-state index in [9.17, 15) is 18.0 Å². The Hall–Kier alpha value is -2.69. The van der Waals surface area contributed by atoms with Crippen LogP contribution in [0.15, 0.2) is 42.6 Å². The molecule has 0 aliphatic carbocycles. The largest absolute Gasteiger partial charge is 0.416 e. The second-order valence-electron chi connectivity index (χ2n) is 11.1. The number of carbonyl (C=O) groups excluding carboxylic acids is 1. The number of piperidine rings is 1. The topological polar surface area (TPSA) is 58.1 Å². The van der Waals surface area contributed by atoms with Gasteiger partial charge in [-0.05, 0) is 80.9 Å². The maximum atomic E-state index is 13.6. The molecule has 0 radical (unpaired) electrons. The van der Waals surface area contributed by atoms with Crippen molar-refractivity contribution in [2.24, 2.45) is 5.92 Å². The van der Waals surface area contributed by atoms with E-state index in [1.54, 1.807) is 12.1 Å². The van der Waals surface area contributed by atoms with Crippen LogP contribution in [-0.4, -0.2) is 74.4 Å². The second-order valence-corrected chi connectivity index (χ2v) is 11.1. The number of nitrogens with zero attached hydrogens (tertiary/aromatic N) is 4. The number of hydrogen-bond donors (Lipinski definition) is 0. The highest BCUT2D eigenvalue weighted by molar-refractivity contribution is 5.93.